The number of nitrogens with zero attached hydrogens (tertiary/aromatic N) is 3. The van der Waals surface area contributed by atoms with E-state index in [0.29, 0.717) is 16.8 Å². The van der Waals surface area contributed by atoms with E-state index in [1.165, 1.54) is 18.3 Å². The SMILES string of the molecule is CCc1nc2ccc(NC(=O)c3ccc(CC(F)(F)c4ccccn4)cc3)cn2c1C. The fourth-order valence-electron chi connectivity index (χ4n) is 3.52. The molecule has 0 saturated carbocycles. The molecule has 0 aliphatic heterocycles. The smallest absolute Gasteiger partial charge is 0.293 e. The number of aromatic nitrogens is 3. The molecule has 0 unspecified atom stereocenters. The number of pyridine rings is 2. The van der Waals surface area contributed by atoms with Gasteiger partial charge in [0.15, 0.2) is 0 Å². The molecule has 3 aromatic heterocycles. The first kappa shape index (κ1) is 20.7. The largest absolute Gasteiger partial charge is 0.321 e. The van der Waals surface area contributed by atoms with Crippen molar-refractivity contribution < 1.29 is 13.6 Å². The number of amides is 1. The van der Waals surface area contributed by atoms with Crippen LogP contribution in [0.25, 0.3) is 5.65 Å². The Balaban J connectivity index is 1.47. The minimum atomic E-state index is -3.08. The molecule has 1 amide bonds. The molecule has 0 radical (unpaired) electrons. The molecule has 4 aromatic rings. The molecule has 1 aromatic carbocycles. The Labute approximate surface area is 178 Å². The number of alkyl halides is 2. The molecule has 0 atom stereocenters. The van der Waals surface area contributed by atoms with Gasteiger partial charge in [-0.15, -0.1) is 0 Å². The lowest BCUT2D eigenvalue weighted by Gasteiger charge is -2.15. The Hall–Kier alpha value is -3.61. The van der Waals surface area contributed by atoms with E-state index < -0.39 is 12.3 Å². The zero-order chi connectivity index (χ0) is 22.0. The van der Waals surface area contributed by atoms with Crippen LogP contribution in [0.15, 0.2) is 67.0 Å². The van der Waals surface area contributed by atoms with Gasteiger partial charge in [-0.05, 0) is 55.3 Å². The van der Waals surface area contributed by atoms with Gasteiger partial charge in [-0.1, -0.05) is 25.1 Å². The Morgan fingerprint density at radius 1 is 1.10 bits per heavy atom. The van der Waals surface area contributed by atoms with Crippen LogP contribution in [0, 0.1) is 6.92 Å². The number of hydrogen-bond acceptors (Lipinski definition) is 3. The number of benzene rings is 1. The highest BCUT2D eigenvalue weighted by molar-refractivity contribution is 6.04. The van der Waals surface area contributed by atoms with Gasteiger partial charge in [0.2, 0.25) is 0 Å². The zero-order valence-electron chi connectivity index (χ0n) is 17.3. The minimum absolute atomic E-state index is 0.270. The van der Waals surface area contributed by atoms with Crippen molar-refractivity contribution in [2.24, 2.45) is 0 Å². The quantitative estimate of drug-likeness (QED) is 0.467. The van der Waals surface area contributed by atoms with Crippen molar-refractivity contribution in [3.63, 3.8) is 0 Å². The second-order valence-corrected chi connectivity index (χ2v) is 7.39. The maximum absolute atomic E-state index is 14.4. The van der Waals surface area contributed by atoms with Gasteiger partial charge in [-0.2, -0.15) is 8.78 Å². The molecular weight excluding hydrogens is 398 g/mol. The van der Waals surface area contributed by atoms with Crippen molar-refractivity contribution >= 4 is 17.2 Å². The van der Waals surface area contributed by atoms with E-state index in [2.05, 4.69) is 15.3 Å². The summed E-state index contributed by atoms with van der Waals surface area (Å²) < 4.78 is 30.8. The predicted octanol–water partition coefficient (Wildman–Crippen LogP) is 5.19. The van der Waals surface area contributed by atoms with Gasteiger partial charge in [0, 0.05) is 30.1 Å². The van der Waals surface area contributed by atoms with Crippen molar-refractivity contribution in [1.29, 1.82) is 0 Å². The number of nitrogens with one attached hydrogen (secondary N) is 1. The second kappa shape index (κ2) is 8.26. The van der Waals surface area contributed by atoms with E-state index in [-0.39, 0.29) is 11.6 Å². The van der Waals surface area contributed by atoms with Crippen LogP contribution in [0.2, 0.25) is 0 Å². The third-order valence-electron chi connectivity index (χ3n) is 5.23. The number of imidazole rings is 1. The van der Waals surface area contributed by atoms with Crippen molar-refractivity contribution in [3.8, 4) is 0 Å². The van der Waals surface area contributed by atoms with Crippen LogP contribution in [0.3, 0.4) is 0 Å². The molecule has 0 aliphatic rings. The van der Waals surface area contributed by atoms with Gasteiger partial charge in [0.25, 0.3) is 11.8 Å². The van der Waals surface area contributed by atoms with Crippen LogP contribution in [-0.2, 0) is 18.8 Å². The summed E-state index contributed by atoms with van der Waals surface area (Å²) in [4.78, 5) is 20.9. The first-order chi connectivity index (χ1) is 14.9. The molecule has 158 valence electrons. The molecule has 1 N–H and O–H groups in total. The van der Waals surface area contributed by atoms with Gasteiger partial charge >= 0.3 is 0 Å². The maximum atomic E-state index is 14.4. The number of anilines is 1. The number of carbonyl (C=O) groups excluding carboxylic acids is 1. The van der Waals surface area contributed by atoms with Crippen LogP contribution in [0.5, 0.6) is 0 Å². The van der Waals surface area contributed by atoms with Crippen LogP contribution in [-0.4, -0.2) is 20.3 Å². The molecule has 5 nitrogen and oxygen atoms in total. The van der Waals surface area contributed by atoms with Gasteiger partial charge in [0.05, 0.1) is 11.4 Å². The van der Waals surface area contributed by atoms with E-state index >= 15 is 0 Å². The zero-order valence-corrected chi connectivity index (χ0v) is 17.3. The molecule has 0 fully saturated rings. The molecule has 4 rings (SSSR count). The lowest BCUT2D eigenvalue weighted by molar-refractivity contribution is -0.00834. The van der Waals surface area contributed by atoms with Crippen LogP contribution in [0.4, 0.5) is 14.5 Å². The standard InChI is InChI=1S/C24H22F2N4O/c1-3-20-16(2)30-15-19(11-12-22(30)29-20)28-23(31)18-9-7-17(8-10-18)14-24(25,26)21-6-4-5-13-27-21/h4-13,15H,3,14H2,1-2H3,(H,28,31). The first-order valence-electron chi connectivity index (χ1n) is 10.0. The Kier molecular flexibility index (Phi) is 5.50. The van der Waals surface area contributed by atoms with E-state index in [1.807, 2.05) is 30.5 Å². The number of hydrogen-bond donors (Lipinski definition) is 1. The topological polar surface area (TPSA) is 59.3 Å². The number of fused-ring (bicyclic) bond motifs is 1. The average Bonchev–Trinajstić information content (AvgIpc) is 3.10. The summed E-state index contributed by atoms with van der Waals surface area (Å²) in [5.41, 5.74) is 4.05. The van der Waals surface area contributed by atoms with Crippen LogP contribution >= 0.6 is 0 Å². The molecule has 7 heteroatoms. The van der Waals surface area contributed by atoms with E-state index in [9.17, 15) is 13.6 Å². The lowest BCUT2D eigenvalue weighted by atomic mass is 10.0. The summed E-state index contributed by atoms with van der Waals surface area (Å²) in [6.45, 7) is 4.04. The van der Waals surface area contributed by atoms with Crippen LogP contribution < -0.4 is 5.32 Å². The summed E-state index contributed by atoms with van der Waals surface area (Å²) in [5.74, 6) is -3.39. The number of carbonyl (C=O) groups is 1. The van der Waals surface area contributed by atoms with Gasteiger partial charge in [-0.25, -0.2) is 4.98 Å². The van der Waals surface area contributed by atoms with Crippen molar-refractivity contribution in [1.82, 2.24) is 14.4 Å². The normalized spacial score (nSPS) is 11.6. The highest BCUT2D eigenvalue weighted by Gasteiger charge is 2.33. The van der Waals surface area contributed by atoms with E-state index in [1.54, 1.807) is 36.4 Å². The second-order valence-electron chi connectivity index (χ2n) is 7.39. The molecular formula is C24H22F2N4O. The Morgan fingerprint density at radius 2 is 1.87 bits per heavy atom. The van der Waals surface area contributed by atoms with E-state index in [4.69, 9.17) is 0 Å². The summed E-state index contributed by atoms with van der Waals surface area (Å²) >= 11 is 0. The number of rotatable bonds is 6. The van der Waals surface area contributed by atoms with Gasteiger partial charge < -0.3 is 9.72 Å². The Bertz CT molecular complexity index is 1220. The summed E-state index contributed by atoms with van der Waals surface area (Å²) in [6.07, 6.45) is 3.53. The average molecular weight is 420 g/mol. The van der Waals surface area contributed by atoms with E-state index in [0.717, 1.165) is 23.5 Å². The first-order valence-corrected chi connectivity index (χ1v) is 10.0. The van der Waals surface area contributed by atoms with Gasteiger partial charge in [-0.3, -0.25) is 9.78 Å². The molecule has 0 spiro atoms. The monoisotopic (exact) mass is 420 g/mol. The molecule has 3 heterocycles. The number of aryl methyl sites for hydroxylation is 2. The minimum Gasteiger partial charge on any atom is -0.321 e. The summed E-state index contributed by atoms with van der Waals surface area (Å²) in [5, 5.41) is 2.85. The predicted molar refractivity (Wildman–Crippen MR) is 116 cm³/mol. The summed E-state index contributed by atoms with van der Waals surface area (Å²) in [7, 11) is 0. The third-order valence-corrected chi connectivity index (χ3v) is 5.23. The van der Waals surface area contributed by atoms with Crippen molar-refractivity contribution in [2.45, 2.75) is 32.6 Å². The molecule has 0 aliphatic carbocycles. The molecule has 0 bridgehead atoms. The van der Waals surface area contributed by atoms with Crippen molar-refractivity contribution in [2.75, 3.05) is 5.32 Å². The fourth-order valence-corrected chi connectivity index (χ4v) is 3.52. The third kappa shape index (κ3) is 4.30. The highest BCUT2D eigenvalue weighted by Crippen LogP contribution is 2.30. The van der Waals surface area contributed by atoms with Crippen LogP contribution in [0.1, 0.15) is 39.9 Å². The molecule has 31 heavy (non-hydrogen) atoms. The van der Waals surface area contributed by atoms with Gasteiger partial charge in [0.1, 0.15) is 11.3 Å². The molecule has 0 saturated heterocycles. The highest BCUT2D eigenvalue weighted by atomic mass is 19.3. The lowest BCUT2D eigenvalue weighted by Crippen LogP contribution is -2.18. The number of halogens is 2. The Morgan fingerprint density at radius 3 is 2.55 bits per heavy atom. The fraction of sp³-hybridized carbons (Fsp3) is 0.208. The van der Waals surface area contributed by atoms with Crippen molar-refractivity contribution in [3.05, 3.63) is 95.2 Å². The maximum Gasteiger partial charge on any atom is 0.293 e. The summed E-state index contributed by atoms with van der Waals surface area (Å²) in [6, 6.07) is 14.3.